The first-order chi connectivity index (χ1) is 6.27. The molecule has 0 bridgehead atoms. The molecule has 2 heterocycles. The van der Waals surface area contributed by atoms with Crippen molar-refractivity contribution in [2.24, 2.45) is 5.73 Å². The zero-order valence-electron chi connectivity index (χ0n) is 6.86. The zero-order chi connectivity index (χ0) is 9.26. The van der Waals surface area contributed by atoms with E-state index in [1.807, 2.05) is 6.07 Å². The molecule has 2 rings (SSSR count). The van der Waals surface area contributed by atoms with Crippen LogP contribution >= 0.6 is 0 Å². The molecule has 1 amide bonds. The summed E-state index contributed by atoms with van der Waals surface area (Å²) in [6.45, 7) is 0.310. The minimum absolute atomic E-state index is 0.195. The van der Waals surface area contributed by atoms with Gasteiger partial charge in [0, 0.05) is 11.8 Å². The Balaban J connectivity index is 2.44. The molecule has 0 saturated heterocycles. The Bertz CT molecular complexity index is 385. The van der Waals surface area contributed by atoms with E-state index in [-0.39, 0.29) is 5.76 Å². The van der Waals surface area contributed by atoms with Gasteiger partial charge in [0.15, 0.2) is 5.76 Å². The molecule has 0 unspecified atom stereocenters. The smallest absolute Gasteiger partial charge is 0.283 e. The van der Waals surface area contributed by atoms with Crippen LogP contribution in [0.3, 0.4) is 0 Å². The van der Waals surface area contributed by atoms with E-state index in [9.17, 15) is 4.79 Å². The van der Waals surface area contributed by atoms with Crippen molar-refractivity contribution in [2.45, 2.75) is 6.61 Å². The Morgan fingerprint density at radius 3 is 3.23 bits per heavy atom. The van der Waals surface area contributed by atoms with Crippen LogP contribution in [0.15, 0.2) is 24.1 Å². The number of rotatable bonds is 1. The molecule has 0 aromatic carbocycles. The van der Waals surface area contributed by atoms with Crippen LogP contribution in [0.25, 0.3) is 6.08 Å². The Morgan fingerprint density at radius 2 is 2.46 bits per heavy atom. The number of carbonyl (C=O) groups is 1. The van der Waals surface area contributed by atoms with Crippen LogP contribution in [0.4, 0.5) is 0 Å². The molecule has 66 valence electrons. The van der Waals surface area contributed by atoms with Gasteiger partial charge in [0.2, 0.25) is 0 Å². The number of pyridine rings is 1. The highest BCUT2D eigenvalue weighted by atomic mass is 16.5. The van der Waals surface area contributed by atoms with E-state index in [0.717, 1.165) is 11.3 Å². The van der Waals surface area contributed by atoms with E-state index in [0.29, 0.717) is 6.61 Å². The lowest BCUT2D eigenvalue weighted by Crippen LogP contribution is -2.18. The lowest BCUT2D eigenvalue weighted by Gasteiger charge is -2.14. The summed E-state index contributed by atoms with van der Waals surface area (Å²) in [7, 11) is 0. The van der Waals surface area contributed by atoms with E-state index in [1.54, 1.807) is 18.3 Å². The number of nitrogens with two attached hydrogens (primary N) is 1. The standard InChI is InChI=1S/C9H8N2O2/c10-9(12)8-4-6-2-1-3-11-7(6)5-13-8/h1-4H,5H2,(H2,10,12). The summed E-state index contributed by atoms with van der Waals surface area (Å²) in [6.07, 6.45) is 3.29. The number of primary amides is 1. The fourth-order valence-corrected chi connectivity index (χ4v) is 1.17. The van der Waals surface area contributed by atoms with Gasteiger partial charge in [0.1, 0.15) is 6.61 Å². The highest BCUT2D eigenvalue weighted by Gasteiger charge is 2.14. The Labute approximate surface area is 75.0 Å². The highest BCUT2D eigenvalue weighted by Crippen LogP contribution is 2.18. The van der Waals surface area contributed by atoms with Crippen molar-refractivity contribution in [3.05, 3.63) is 35.3 Å². The Morgan fingerprint density at radius 1 is 1.62 bits per heavy atom. The number of ether oxygens (including phenoxy) is 1. The average molecular weight is 176 g/mol. The average Bonchev–Trinajstić information content (AvgIpc) is 2.17. The van der Waals surface area contributed by atoms with Crippen LogP contribution in [0.1, 0.15) is 11.3 Å². The van der Waals surface area contributed by atoms with Gasteiger partial charge < -0.3 is 10.5 Å². The first kappa shape index (κ1) is 7.79. The van der Waals surface area contributed by atoms with Crippen molar-refractivity contribution < 1.29 is 9.53 Å². The molecule has 0 aliphatic carbocycles. The third-order valence-electron chi connectivity index (χ3n) is 1.82. The zero-order valence-corrected chi connectivity index (χ0v) is 6.86. The number of nitrogens with zero attached hydrogens (tertiary/aromatic N) is 1. The van der Waals surface area contributed by atoms with Crippen molar-refractivity contribution in [3.63, 3.8) is 0 Å². The quantitative estimate of drug-likeness (QED) is 0.675. The largest absolute Gasteiger partial charge is 0.481 e. The summed E-state index contributed by atoms with van der Waals surface area (Å²) >= 11 is 0. The predicted molar refractivity (Wildman–Crippen MR) is 46.2 cm³/mol. The number of carbonyl (C=O) groups excluding carboxylic acids is 1. The molecule has 2 N–H and O–H groups in total. The molecule has 0 spiro atoms. The number of amides is 1. The molecule has 13 heavy (non-hydrogen) atoms. The van der Waals surface area contributed by atoms with Crippen LogP contribution in [-0.2, 0) is 16.1 Å². The third-order valence-corrected chi connectivity index (χ3v) is 1.82. The van der Waals surface area contributed by atoms with E-state index in [1.165, 1.54) is 0 Å². The molecule has 0 fully saturated rings. The fraction of sp³-hybridized carbons (Fsp3) is 0.111. The van der Waals surface area contributed by atoms with Gasteiger partial charge in [-0.2, -0.15) is 0 Å². The van der Waals surface area contributed by atoms with Crippen molar-refractivity contribution in [1.29, 1.82) is 0 Å². The van der Waals surface area contributed by atoms with E-state index < -0.39 is 5.91 Å². The van der Waals surface area contributed by atoms with Gasteiger partial charge in [-0.3, -0.25) is 9.78 Å². The second-order valence-corrected chi connectivity index (χ2v) is 2.70. The molecule has 1 aromatic rings. The van der Waals surface area contributed by atoms with Crippen LogP contribution in [0.2, 0.25) is 0 Å². The molecule has 1 aromatic heterocycles. The number of hydrogen-bond acceptors (Lipinski definition) is 3. The lowest BCUT2D eigenvalue weighted by molar-refractivity contribution is -0.118. The molecule has 4 nitrogen and oxygen atoms in total. The number of hydrogen-bond donors (Lipinski definition) is 1. The maximum atomic E-state index is 10.8. The summed E-state index contributed by atoms with van der Waals surface area (Å²) in [4.78, 5) is 14.9. The lowest BCUT2D eigenvalue weighted by atomic mass is 10.1. The Kier molecular flexibility index (Phi) is 1.73. The first-order valence-electron chi connectivity index (χ1n) is 3.85. The SMILES string of the molecule is NC(=O)C1=Cc2cccnc2CO1. The molecular formula is C9H8N2O2. The molecule has 1 aliphatic heterocycles. The van der Waals surface area contributed by atoms with Gasteiger partial charge in [-0.25, -0.2) is 0 Å². The number of fused-ring (bicyclic) bond motifs is 1. The summed E-state index contributed by atoms with van der Waals surface area (Å²) in [5.74, 6) is -0.352. The second-order valence-electron chi connectivity index (χ2n) is 2.70. The van der Waals surface area contributed by atoms with Crippen molar-refractivity contribution in [1.82, 2.24) is 4.98 Å². The van der Waals surface area contributed by atoms with Gasteiger partial charge in [-0.05, 0) is 12.1 Å². The normalized spacial score (nSPS) is 14.0. The molecule has 1 aliphatic rings. The van der Waals surface area contributed by atoms with Crippen molar-refractivity contribution in [3.8, 4) is 0 Å². The van der Waals surface area contributed by atoms with Crippen LogP contribution in [0.5, 0.6) is 0 Å². The molecule has 0 saturated carbocycles. The third kappa shape index (κ3) is 1.38. The molecule has 0 radical (unpaired) electrons. The predicted octanol–water partition coefficient (Wildman–Crippen LogP) is 0.438. The monoisotopic (exact) mass is 176 g/mol. The maximum absolute atomic E-state index is 10.8. The summed E-state index contributed by atoms with van der Waals surface area (Å²) < 4.78 is 5.09. The van der Waals surface area contributed by atoms with Crippen LogP contribution in [-0.4, -0.2) is 10.9 Å². The van der Waals surface area contributed by atoms with Gasteiger partial charge in [0.25, 0.3) is 5.91 Å². The fourth-order valence-electron chi connectivity index (χ4n) is 1.17. The highest BCUT2D eigenvalue weighted by molar-refractivity contribution is 5.95. The van der Waals surface area contributed by atoms with E-state index in [2.05, 4.69) is 4.98 Å². The molecular weight excluding hydrogens is 168 g/mol. The summed E-state index contributed by atoms with van der Waals surface area (Å²) in [6, 6.07) is 3.67. The summed E-state index contributed by atoms with van der Waals surface area (Å²) in [5, 5.41) is 0. The van der Waals surface area contributed by atoms with Crippen molar-refractivity contribution in [2.75, 3.05) is 0 Å². The van der Waals surface area contributed by atoms with Gasteiger partial charge in [0.05, 0.1) is 5.69 Å². The minimum Gasteiger partial charge on any atom is -0.481 e. The Hall–Kier alpha value is -1.84. The summed E-state index contributed by atoms with van der Waals surface area (Å²) in [5.41, 5.74) is 6.79. The minimum atomic E-state index is -0.547. The topological polar surface area (TPSA) is 65.2 Å². The molecule has 0 atom stereocenters. The van der Waals surface area contributed by atoms with Gasteiger partial charge >= 0.3 is 0 Å². The number of aromatic nitrogens is 1. The van der Waals surface area contributed by atoms with Gasteiger partial charge in [-0.1, -0.05) is 6.07 Å². The first-order valence-corrected chi connectivity index (χ1v) is 3.85. The van der Waals surface area contributed by atoms with E-state index in [4.69, 9.17) is 10.5 Å². The maximum Gasteiger partial charge on any atom is 0.283 e. The van der Waals surface area contributed by atoms with Crippen molar-refractivity contribution >= 4 is 12.0 Å². The second kappa shape index (κ2) is 2.90. The van der Waals surface area contributed by atoms with Crippen LogP contribution < -0.4 is 5.73 Å². The van der Waals surface area contributed by atoms with Gasteiger partial charge in [-0.15, -0.1) is 0 Å². The van der Waals surface area contributed by atoms with Crippen LogP contribution in [0, 0.1) is 0 Å². The molecule has 4 heteroatoms. The van der Waals surface area contributed by atoms with E-state index >= 15 is 0 Å².